The summed E-state index contributed by atoms with van der Waals surface area (Å²) in [5.41, 5.74) is 11.2. The normalized spacial score (nSPS) is 10.1. The predicted octanol–water partition coefficient (Wildman–Crippen LogP) is 1.52. The van der Waals surface area contributed by atoms with E-state index in [-0.39, 0.29) is 17.6 Å². The van der Waals surface area contributed by atoms with Crippen LogP contribution in [0.15, 0.2) is 30.3 Å². The van der Waals surface area contributed by atoms with Gasteiger partial charge in [0, 0.05) is 6.07 Å². The summed E-state index contributed by atoms with van der Waals surface area (Å²) in [6.07, 6.45) is 0. The van der Waals surface area contributed by atoms with Gasteiger partial charge >= 0.3 is 0 Å². The van der Waals surface area contributed by atoms with Crippen molar-refractivity contribution in [3.63, 3.8) is 0 Å². The van der Waals surface area contributed by atoms with Gasteiger partial charge < -0.3 is 16.8 Å². The zero-order valence-corrected chi connectivity index (χ0v) is 8.31. The smallest absolute Gasteiger partial charge is 0.223 e. The molecule has 1 aromatic heterocycles. The maximum absolute atomic E-state index is 13.3. The van der Waals surface area contributed by atoms with E-state index in [0.29, 0.717) is 11.5 Å². The molecule has 0 radical (unpaired) electrons. The molecule has 82 valence electrons. The van der Waals surface area contributed by atoms with Gasteiger partial charge in [-0.05, 0) is 12.1 Å². The highest BCUT2D eigenvalue weighted by Crippen LogP contribution is 2.19. The SMILES string of the molecule is Nc1cc(Nc2ccccc2F)nc(N)n1. The summed E-state index contributed by atoms with van der Waals surface area (Å²) in [5, 5.41) is 2.77. The number of anilines is 4. The molecule has 16 heavy (non-hydrogen) atoms. The van der Waals surface area contributed by atoms with Crippen LogP contribution in [-0.4, -0.2) is 9.97 Å². The second-order valence-electron chi connectivity index (χ2n) is 3.14. The van der Waals surface area contributed by atoms with Crippen LogP contribution in [0.2, 0.25) is 0 Å². The zero-order chi connectivity index (χ0) is 11.5. The highest BCUT2D eigenvalue weighted by molar-refractivity contribution is 5.60. The molecule has 0 amide bonds. The molecule has 0 aliphatic heterocycles. The number of hydrogen-bond acceptors (Lipinski definition) is 5. The Bertz CT molecular complexity index is 494. The van der Waals surface area contributed by atoms with Crippen molar-refractivity contribution < 1.29 is 4.39 Å². The lowest BCUT2D eigenvalue weighted by Crippen LogP contribution is -2.03. The number of nitrogens with two attached hydrogens (primary N) is 2. The van der Waals surface area contributed by atoms with Crippen LogP contribution in [0, 0.1) is 5.82 Å². The number of nitrogen functional groups attached to an aromatic ring is 2. The van der Waals surface area contributed by atoms with E-state index in [9.17, 15) is 4.39 Å². The van der Waals surface area contributed by atoms with E-state index in [1.807, 2.05) is 0 Å². The molecule has 2 rings (SSSR count). The third-order valence-electron chi connectivity index (χ3n) is 1.90. The van der Waals surface area contributed by atoms with Crippen molar-refractivity contribution in [2.24, 2.45) is 0 Å². The number of halogens is 1. The molecule has 0 fully saturated rings. The van der Waals surface area contributed by atoms with Gasteiger partial charge in [-0.3, -0.25) is 0 Å². The number of rotatable bonds is 2. The van der Waals surface area contributed by atoms with E-state index in [1.165, 1.54) is 12.1 Å². The maximum atomic E-state index is 13.3. The van der Waals surface area contributed by atoms with Crippen molar-refractivity contribution in [2.45, 2.75) is 0 Å². The second-order valence-corrected chi connectivity index (χ2v) is 3.14. The molecule has 2 aromatic rings. The molecule has 5 N–H and O–H groups in total. The van der Waals surface area contributed by atoms with Gasteiger partial charge in [-0.1, -0.05) is 12.1 Å². The molecule has 0 atom stereocenters. The van der Waals surface area contributed by atoms with Crippen LogP contribution in [0.4, 0.5) is 27.7 Å². The molecule has 1 heterocycles. The summed E-state index contributed by atoms with van der Waals surface area (Å²) in [5.74, 6) is 0.249. The average Bonchev–Trinajstić information content (AvgIpc) is 2.20. The minimum atomic E-state index is -0.377. The van der Waals surface area contributed by atoms with Crippen molar-refractivity contribution in [1.29, 1.82) is 0 Å². The van der Waals surface area contributed by atoms with Gasteiger partial charge in [0.25, 0.3) is 0 Å². The van der Waals surface area contributed by atoms with Gasteiger partial charge in [-0.2, -0.15) is 9.97 Å². The van der Waals surface area contributed by atoms with Crippen molar-refractivity contribution in [3.05, 3.63) is 36.1 Å². The van der Waals surface area contributed by atoms with Gasteiger partial charge in [-0.25, -0.2) is 4.39 Å². The van der Waals surface area contributed by atoms with E-state index in [1.54, 1.807) is 18.2 Å². The number of hydrogen-bond donors (Lipinski definition) is 3. The molecule has 6 heteroatoms. The van der Waals surface area contributed by atoms with Gasteiger partial charge in [0.05, 0.1) is 5.69 Å². The number of para-hydroxylation sites is 1. The monoisotopic (exact) mass is 219 g/mol. The molecule has 0 bridgehead atoms. The summed E-state index contributed by atoms with van der Waals surface area (Å²) < 4.78 is 13.3. The Kier molecular flexibility index (Phi) is 2.55. The Hall–Kier alpha value is -2.37. The topological polar surface area (TPSA) is 89.8 Å². The standard InChI is InChI=1S/C10H10FN5/c11-6-3-1-2-4-7(6)14-9-5-8(12)15-10(13)16-9/h1-5H,(H5,12,13,14,15,16). The van der Waals surface area contributed by atoms with E-state index >= 15 is 0 Å². The van der Waals surface area contributed by atoms with Crippen LogP contribution in [0.1, 0.15) is 0 Å². The molecule has 0 spiro atoms. The Balaban J connectivity index is 2.30. The van der Waals surface area contributed by atoms with Crippen LogP contribution >= 0.6 is 0 Å². The molecule has 0 aliphatic rings. The van der Waals surface area contributed by atoms with E-state index < -0.39 is 0 Å². The fourth-order valence-electron chi connectivity index (χ4n) is 1.25. The average molecular weight is 219 g/mol. The first kappa shape index (κ1) is 10.2. The second kappa shape index (κ2) is 4.01. The summed E-state index contributed by atoms with van der Waals surface area (Å²) in [4.78, 5) is 7.59. The number of aromatic nitrogens is 2. The molecule has 5 nitrogen and oxygen atoms in total. The maximum Gasteiger partial charge on any atom is 0.223 e. The molecular weight excluding hydrogens is 209 g/mol. The van der Waals surface area contributed by atoms with Crippen molar-refractivity contribution in [3.8, 4) is 0 Å². The fraction of sp³-hybridized carbons (Fsp3) is 0. The largest absolute Gasteiger partial charge is 0.383 e. The van der Waals surface area contributed by atoms with Crippen LogP contribution < -0.4 is 16.8 Å². The number of nitrogens with zero attached hydrogens (tertiary/aromatic N) is 2. The van der Waals surface area contributed by atoms with Crippen molar-refractivity contribution in [1.82, 2.24) is 9.97 Å². The first-order valence-corrected chi connectivity index (χ1v) is 4.57. The summed E-state index contributed by atoms with van der Waals surface area (Å²) in [7, 11) is 0. The first-order valence-electron chi connectivity index (χ1n) is 4.57. The third-order valence-corrected chi connectivity index (χ3v) is 1.90. The summed E-state index contributed by atoms with van der Waals surface area (Å²) >= 11 is 0. The zero-order valence-electron chi connectivity index (χ0n) is 8.31. The Morgan fingerprint density at radius 2 is 1.88 bits per heavy atom. The molecular formula is C10H10FN5. The number of nitrogens with one attached hydrogen (secondary N) is 1. The highest BCUT2D eigenvalue weighted by atomic mass is 19.1. The molecule has 0 saturated heterocycles. The lowest BCUT2D eigenvalue weighted by Gasteiger charge is -2.07. The van der Waals surface area contributed by atoms with E-state index in [0.717, 1.165) is 0 Å². The van der Waals surface area contributed by atoms with Crippen molar-refractivity contribution in [2.75, 3.05) is 16.8 Å². The highest BCUT2D eigenvalue weighted by Gasteiger charge is 2.03. The van der Waals surface area contributed by atoms with Crippen LogP contribution in [0.25, 0.3) is 0 Å². The quantitative estimate of drug-likeness (QED) is 0.712. The summed E-state index contributed by atoms with van der Waals surface area (Å²) in [6.45, 7) is 0. The molecule has 0 unspecified atom stereocenters. The van der Waals surface area contributed by atoms with E-state index in [4.69, 9.17) is 11.5 Å². The van der Waals surface area contributed by atoms with Gasteiger partial charge in [-0.15, -0.1) is 0 Å². The van der Waals surface area contributed by atoms with Crippen LogP contribution in [0.3, 0.4) is 0 Å². The molecule has 0 aliphatic carbocycles. The Labute approximate surface area is 91.3 Å². The van der Waals surface area contributed by atoms with Gasteiger partial charge in [0.1, 0.15) is 17.5 Å². The third kappa shape index (κ3) is 2.17. The molecule has 0 saturated carbocycles. The minimum absolute atomic E-state index is 0.0406. The fourth-order valence-corrected chi connectivity index (χ4v) is 1.25. The number of benzene rings is 1. The summed E-state index contributed by atoms with van der Waals surface area (Å²) in [6, 6.07) is 7.71. The lowest BCUT2D eigenvalue weighted by atomic mass is 10.3. The van der Waals surface area contributed by atoms with E-state index in [2.05, 4.69) is 15.3 Å². The van der Waals surface area contributed by atoms with Gasteiger partial charge in [0.15, 0.2) is 0 Å². The van der Waals surface area contributed by atoms with Gasteiger partial charge in [0.2, 0.25) is 5.95 Å². The Morgan fingerprint density at radius 1 is 1.12 bits per heavy atom. The first-order chi connectivity index (χ1) is 7.65. The predicted molar refractivity (Wildman–Crippen MR) is 60.5 cm³/mol. The molecule has 1 aromatic carbocycles. The lowest BCUT2D eigenvalue weighted by molar-refractivity contribution is 0.632. The Morgan fingerprint density at radius 3 is 2.56 bits per heavy atom. The van der Waals surface area contributed by atoms with Crippen LogP contribution in [0.5, 0.6) is 0 Å². The van der Waals surface area contributed by atoms with Crippen molar-refractivity contribution >= 4 is 23.3 Å². The van der Waals surface area contributed by atoms with Crippen LogP contribution in [-0.2, 0) is 0 Å². The minimum Gasteiger partial charge on any atom is -0.383 e.